The van der Waals surface area contributed by atoms with Crippen molar-refractivity contribution >= 4 is 15.9 Å². The number of rotatable bonds is 4. The summed E-state index contributed by atoms with van der Waals surface area (Å²) in [6.07, 6.45) is 3.81. The number of benzene rings is 1. The van der Waals surface area contributed by atoms with Gasteiger partial charge in [-0.25, -0.2) is 14.4 Å². The van der Waals surface area contributed by atoms with Crippen molar-refractivity contribution in [3.8, 4) is 11.4 Å². The second kappa shape index (κ2) is 6.05. The van der Waals surface area contributed by atoms with Crippen LogP contribution >= 0.6 is 15.9 Å². The molecule has 2 nitrogen and oxygen atoms in total. The van der Waals surface area contributed by atoms with E-state index in [4.69, 9.17) is 0 Å². The maximum absolute atomic E-state index is 12.9. The monoisotopic (exact) mass is 308 g/mol. The van der Waals surface area contributed by atoms with Crippen LogP contribution in [-0.4, -0.2) is 9.97 Å². The van der Waals surface area contributed by atoms with Crippen LogP contribution in [0.3, 0.4) is 0 Å². The number of alkyl halides is 1. The zero-order chi connectivity index (χ0) is 13.0. The Hall–Kier alpha value is -1.29. The van der Waals surface area contributed by atoms with Crippen molar-refractivity contribution in [3.05, 3.63) is 47.5 Å². The Bertz CT molecular complexity index is 526. The molecule has 0 N–H and O–H groups in total. The summed E-state index contributed by atoms with van der Waals surface area (Å²) in [4.78, 5) is 8.90. The average Bonchev–Trinajstić information content (AvgIpc) is 2.40. The molecule has 1 aromatic carbocycles. The highest BCUT2D eigenvalue weighted by atomic mass is 79.9. The van der Waals surface area contributed by atoms with E-state index in [2.05, 4.69) is 32.8 Å². The molecule has 1 aromatic heterocycles. The Morgan fingerprint density at radius 3 is 2.56 bits per heavy atom. The third kappa shape index (κ3) is 2.93. The van der Waals surface area contributed by atoms with Crippen LogP contribution in [0.25, 0.3) is 11.4 Å². The minimum Gasteiger partial charge on any atom is -0.236 e. The van der Waals surface area contributed by atoms with Crippen molar-refractivity contribution in [2.24, 2.45) is 0 Å². The molecule has 94 valence electrons. The van der Waals surface area contributed by atoms with E-state index in [9.17, 15) is 4.39 Å². The van der Waals surface area contributed by atoms with Gasteiger partial charge in [-0.1, -0.05) is 29.3 Å². The Kier molecular flexibility index (Phi) is 4.42. The van der Waals surface area contributed by atoms with Gasteiger partial charge in [0.2, 0.25) is 0 Å². The van der Waals surface area contributed by atoms with Crippen LogP contribution < -0.4 is 0 Å². The molecule has 18 heavy (non-hydrogen) atoms. The highest BCUT2D eigenvalue weighted by Crippen LogP contribution is 2.19. The molecular weight excluding hydrogens is 295 g/mol. The smallest absolute Gasteiger partial charge is 0.159 e. The van der Waals surface area contributed by atoms with Crippen molar-refractivity contribution < 1.29 is 4.39 Å². The van der Waals surface area contributed by atoms with Crippen molar-refractivity contribution in [1.82, 2.24) is 9.97 Å². The normalized spacial score (nSPS) is 10.6. The zero-order valence-electron chi connectivity index (χ0n) is 10.2. The molecule has 0 unspecified atom stereocenters. The molecule has 0 saturated heterocycles. The van der Waals surface area contributed by atoms with Crippen molar-refractivity contribution in [2.45, 2.75) is 25.1 Å². The summed E-state index contributed by atoms with van der Waals surface area (Å²) in [7, 11) is 0. The second-order valence-corrected chi connectivity index (χ2v) is 4.62. The lowest BCUT2D eigenvalue weighted by molar-refractivity contribution is 0.628. The van der Waals surface area contributed by atoms with Gasteiger partial charge in [0.1, 0.15) is 5.82 Å². The third-order valence-electron chi connectivity index (χ3n) is 2.69. The third-order valence-corrected chi connectivity index (χ3v) is 3.29. The average molecular weight is 309 g/mol. The number of nitrogens with zero attached hydrogens (tertiary/aromatic N) is 2. The number of aromatic nitrogens is 2. The molecule has 4 heteroatoms. The lowest BCUT2D eigenvalue weighted by Crippen LogP contribution is -2.00. The van der Waals surface area contributed by atoms with Crippen molar-refractivity contribution in [1.29, 1.82) is 0 Å². The van der Waals surface area contributed by atoms with Crippen LogP contribution in [0.15, 0.2) is 30.5 Å². The first-order chi connectivity index (χ1) is 8.74. The molecule has 0 fully saturated rings. The van der Waals surface area contributed by atoms with Gasteiger partial charge in [-0.15, -0.1) is 0 Å². The van der Waals surface area contributed by atoms with Gasteiger partial charge >= 0.3 is 0 Å². The summed E-state index contributed by atoms with van der Waals surface area (Å²) in [6.45, 7) is 2.12. The lowest BCUT2D eigenvalue weighted by atomic mass is 10.1. The van der Waals surface area contributed by atoms with E-state index in [0.717, 1.165) is 35.0 Å². The SMILES string of the molecule is CCCc1nc(-c2ccc(F)cc2)ncc1CBr. The second-order valence-electron chi connectivity index (χ2n) is 4.06. The van der Waals surface area contributed by atoms with E-state index >= 15 is 0 Å². The quantitative estimate of drug-likeness (QED) is 0.794. The molecule has 0 amide bonds. The molecule has 2 aromatic rings. The molecule has 0 radical (unpaired) electrons. The summed E-state index contributed by atoms with van der Waals surface area (Å²) >= 11 is 3.44. The van der Waals surface area contributed by atoms with Gasteiger partial charge < -0.3 is 0 Å². The standard InChI is InChI=1S/C14H14BrFN2/c1-2-3-13-11(8-15)9-17-14(18-13)10-4-6-12(16)7-5-10/h4-7,9H,2-3,8H2,1H3. The highest BCUT2D eigenvalue weighted by Gasteiger charge is 2.07. The Balaban J connectivity index is 2.39. The lowest BCUT2D eigenvalue weighted by Gasteiger charge is -2.07. The predicted molar refractivity (Wildman–Crippen MR) is 74.1 cm³/mol. The van der Waals surface area contributed by atoms with Gasteiger partial charge in [-0.05, 0) is 30.7 Å². The van der Waals surface area contributed by atoms with Gasteiger partial charge in [0.25, 0.3) is 0 Å². The van der Waals surface area contributed by atoms with Gasteiger partial charge in [-0.3, -0.25) is 0 Å². The molecule has 0 spiro atoms. The zero-order valence-corrected chi connectivity index (χ0v) is 11.7. The van der Waals surface area contributed by atoms with Crippen LogP contribution in [0.2, 0.25) is 0 Å². The summed E-state index contributed by atoms with van der Waals surface area (Å²) in [5.41, 5.74) is 3.02. The summed E-state index contributed by atoms with van der Waals surface area (Å²) in [5, 5.41) is 0.756. The summed E-state index contributed by atoms with van der Waals surface area (Å²) < 4.78 is 12.9. The van der Waals surface area contributed by atoms with Crippen LogP contribution in [0.5, 0.6) is 0 Å². The number of halogens is 2. The Morgan fingerprint density at radius 1 is 1.22 bits per heavy atom. The van der Waals surface area contributed by atoms with Crippen LogP contribution in [-0.2, 0) is 11.8 Å². The number of hydrogen-bond acceptors (Lipinski definition) is 2. The molecule has 0 aliphatic heterocycles. The molecular formula is C14H14BrFN2. The van der Waals surface area contributed by atoms with E-state index < -0.39 is 0 Å². The van der Waals surface area contributed by atoms with Crippen LogP contribution in [0.4, 0.5) is 4.39 Å². The topological polar surface area (TPSA) is 25.8 Å². The first-order valence-electron chi connectivity index (χ1n) is 5.91. The first-order valence-corrected chi connectivity index (χ1v) is 7.03. The van der Waals surface area contributed by atoms with Gasteiger partial charge in [0.05, 0.1) is 0 Å². The first kappa shape index (κ1) is 13.1. The molecule has 1 heterocycles. The molecule has 2 rings (SSSR count). The Morgan fingerprint density at radius 2 is 1.94 bits per heavy atom. The van der Waals surface area contributed by atoms with Crippen LogP contribution in [0, 0.1) is 5.82 Å². The fourth-order valence-corrected chi connectivity index (χ4v) is 2.21. The molecule has 0 bridgehead atoms. The number of hydrogen-bond donors (Lipinski definition) is 0. The number of aryl methyl sites for hydroxylation is 1. The maximum atomic E-state index is 12.9. The van der Waals surface area contributed by atoms with Gasteiger partial charge in [-0.2, -0.15) is 0 Å². The maximum Gasteiger partial charge on any atom is 0.159 e. The molecule has 0 atom stereocenters. The van der Waals surface area contributed by atoms with E-state index in [1.165, 1.54) is 12.1 Å². The van der Waals surface area contributed by atoms with Gasteiger partial charge in [0, 0.05) is 28.3 Å². The fourth-order valence-electron chi connectivity index (χ4n) is 1.75. The van der Waals surface area contributed by atoms with E-state index in [-0.39, 0.29) is 5.82 Å². The van der Waals surface area contributed by atoms with Crippen LogP contribution in [0.1, 0.15) is 24.6 Å². The van der Waals surface area contributed by atoms with E-state index in [0.29, 0.717) is 5.82 Å². The molecule has 0 aliphatic carbocycles. The summed E-state index contributed by atoms with van der Waals surface area (Å²) in [6, 6.07) is 6.26. The minimum atomic E-state index is -0.246. The molecule has 0 saturated carbocycles. The highest BCUT2D eigenvalue weighted by molar-refractivity contribution is 9.08. The Labute approximate surface area is 114 Å². The fraction of sp³-hybridized carbons (Fsp3) is 0.286. The van der Waals surface area contributed by atoms with E-state index in [1.807, 2.05) is 6.20 Å². The largest absolute Gasteiger partial charge is 0.236 e. The van der Waals surface area contributed by atoms with Crippen molar-refractivity contribution in [2.75, 3.05) is 0 Å². The summed E-state index contributed by atoms with van der Waals surface area (Å²) in [5.74, 6) is 0.410. The predicted octanol–water partition coefficient (Wildman–Crippen LogP) is 4.13. The van der Waals surface area contributed by atoms with Gasteiger partial charge in [0.15, 0.2) is 5.82 Å². The molecule has 0 aliphatic rings. The van der Waals surface area contributed by atoms with Crippen molar-refractivity contribution in [3.63, 3.8) is 0 Å². The minimum absolute atomic E-state index is 0.246. The van der Waals surface area contributed by atoms with E-state index in [1.54, 1.807) is 12.1 Å².